The molecule has 2 aromatic carbocycles. The first kappa shape index (κ1) is 24.4. The lowest BCUT2D eigenvalue weighted by Gasteiger charge is -2.22. The zero-order valence-electron chi connectivity index (χ0n) is 18.2. The van der Waals surface area contributed by atoms with Gasteiger partial charge in [0, 0.05) is 11.1 Å². The molecule has 0 radical (unpaired) electrons. The van der Waals surface area contributed by atoms with Crippen molar-refractivity contribution in [3.63, 3.8) is 0 Å². The Morgan fingerprint density at radius 2 is 1.88 bits per heavy atom. The van der Waals surface area contributed by atoms with Gasteiger partial charge < -0.3 is 14.8 Å². The van der Waals surface area contributed by atoms with E-state index in [2.05, 4.69) is 15.8 Å². The summed E-state index contributed by atoms with van der Waals surface area (Å²) < 4.78 is 11.6. The largest absolute Gasteiger partial charge is 0.490 e. The van der Waals surface area contributed by atoms with Crippen LogP contribution in [0.5, 0.6) is 11.5 Å². The number of hydrogen-bond donors (Lipinski definition) is 2. The van der Waals surface area contributed by atoms with Gasteiger partial charge in [0.05, 0.1) is 24.4 Å². The molecule has 1 aliphatic rings. The number of rotatable bonds is 10. The molecular weight excluding hydrogens is 449 g/mol. The number of halogens is 2. The van der Waals surface area contributed by atoms with Crippen LogP contribution in [-0.4, -0.2) is 31.3 Å². The molecular formula is C24H29Cl2N3O3. The van der Waals surface area contributed by atoms with Crippen molar-refractivity contribution in [1.82, 2.24) is 10.7 Å². The van der Waals surface area contributed by atoms with Crippen LogP contribution in [0.4, 0.5) is 0 Å². The third-order valence-electron chi connectivity index (χ3n) is 5.19. The molecule has 8 heteroatoms. The summed E-state index contributed by atoms with van der Waals surface area (Å²) in [4.78, 5) is 12.0. The molecule has 0 saturated heterocycles. The molecule has 0 aromatic heterocycles. The third kappa shape index (κ3) is 7.69. The van der Waals surface area contributed by atoms with Gasteiger partial charge in [-0.2, -0.15) is 5.10 Å². The summed E-state index contributed by atoms with van der Waals surface area (Å²) in [6.45, 7) is 2.92. The lowest BCUT2D eigenvalue weighted by Crippen LogP contribution is -2.38. The Hall–Kier alpha value is -2.28. The van der Waals surface area contributed by atoms with Crippen LogP contribution in [0.1, 0.15) is 50.2 Å². The molecule has 1 fully saturated rings. The highest BCUT2D eigenvalue weighted by Crippen LogP contribution is 2.37. The van der Waals surface area contributed by atoms with Crippen LogP contribution in [0.3, 0.4) is 0 Å². The van der Waals surface area contributed by atoms with Crippen molar-refractivity contribution in [3.05, 3.63) is 57.6 Å². The number of hydrogen-bond acceptors (Lipinski definition) is 5. The van der Waals surface area contributed by atoms with Gasteiger partial charge in [-0.05, 0) is 55.2 Å². The molecule has 0 bridgehead atoms. The lowest BCUT2D eigenvalue weighted by molar-refractivity contribution is -0.120. The molecule has 1 amide bonds. The van der Waals surface area contributed by atoms with Gasteiger partial charge in [-0.3, -0.25) is 4.79 Å². The van der Waals surface area contributed by atoms with Crippen LogP contribution >= 0.6 is 23.2 Å². The second kappa shape index (κ2) is 12.7. The molecule has 0 unspecified atom stereocenters. The van der Waals surface area contributed by atoms with Crippen LogP contribution in [0, 0.1) is 0 Å². The maximum atomic E-state index is 12.0. The topological polar surface area (TPSA) is 72.0 Å². The van der Waals surface area contributed by atoms with Crippen LogP contribution < -0.4 is 20.2 Å². The molecule has 32 heavy (non-hydrogen) atoms. The fourth-order valence-electron chi connectivity index (χ4n) is 3.56. The normalized spacial score (nSPS) is 14.5. The maximum absolute atomic E-state index is 12.0. The Bertz CT molecular complexity index is 913. The summed E-state index contributed by atoms with van der Waals surface area (Å²) in [7, 11) is 0. The number of hydrazone groups is 1. The van der Waals surface area contributed by atoms with Crippen LogP contribution in [-0.2, 0) is 11.4 Å². The molecule has 0 aliphatic heterocycles. The highest BCUT2D eigenvalue weighted by Gasteiger charge is 2.14. The molecule has 0 heterocycles. The smallest absolute Gasteiger partial charge is 0.254 e. The summed E-state index contributed by atoms with van der Waals surface area (Å²) in [5.41, 5.74) is 4.20. The van der Waals surface area contributed by atoms with Gasteiger partial charge in [0.2, 0.25) is 0 Å². The Balaban J connectivity index is 1.57. The van der Waals surface area contributed by atoms with Gasteiger partial charge in [0.1, 0.15) is 6.61 Å². The summed E-state index contributed by atoms with van der Waals surface area (Å²) >= 11 is 12.4. The van der Waals surface area contributed by atoms with Crippen molar-refractivity contribution in [2.24, 2.45) is 5.10 Å². The van der Waals surface area contributed by atoms with Crippen LogP contribution in [0.15, 0.2) is 41.5 Å². The first-order valence-corrected chi connectivity index (χ1v) is 11.7. The number of carbonyl (C=O) groups is 1. The van der Waals surface area contributed by atoms with E-state index in [-0.39, 0.29) is 12.5 Å². The van der Waals surface area contributed by atoms with E-state index in [4.69, 9.17) is 32.7 Å². The highest BCUT2D eigenvalue weighted by molar-refractivity contribution is 6.32. The van der Waals surface area contributed by atoms with E-state index in [9.17, 15) is 4.79 Å². The van der Waals surface area contributed by atoms with Crippen molar-refractivity contribution in [1.29, 1.82) is 0 Å². The van der Waals surface area contributed by atoms with Gasteiger partial charge in [-0.25, -0.2) is 5.43 Å². The summed E-state index contributed by atoms with van der Waals surface area (Å²) in [6.07, 6.45) is 7.52. The van der Waals surface area contributed by atoms with E-state index < -0.39 is 0 Å². The second-order valence-corrected chi connectivity index (χ2v) is 8.53. The number of nitrogens with one attached hydrogen (secondary N) is 2. The maximum Gasteiger partial charge on any atom is 0.254 e. The monoisotopic (exact) mass is 477 g/mol. The van der Waals surface area contributed by atoms with Gasteiger partial charge >= 0.3 is 0 Å². The van der Waals surface area contributed by atoms with Crippen LogP contribution in [0.25, 0.3) is 0 Å². The van der Waals surface area contributed by atoms with Crippen molar-refractivity contribution >= 4 is 35.3 Å². The van der Waals surface area contributed by atoms with Crippen LogP contribution in [0.2, 0.25) is 10.0 Å². The SMILES string of the molecule is CCOc1cc(/C=N\NC(=O)CNC2CCCCC2)cc(Cl)c1OCc1ccc(Cl)cc1. The van der Waals surface area contributed by atoms with E-state index in [1.54, 1.807) is 12.1 Å². The molecule has 3 rings (SSSR count). The average molecular weight is 478 g/mol. The average Bonchev–Trinajstić information content (AvgIpc) is 2.79. The fraction of sp³-hybridized carbons (Fsp3) is 0.417. The number of amides is 1. The molecule has 1 saturated carbocycles. The van der Waals surface area contributed by atoms with E-state index in [0.29, 0.717) is 46.4 Å². The van der Waals surface area contributed by atoms with E-state index in [0.717, 1.165) is 18.4 Å². The molecule has 6 nitrogen and oxygen atoms in total. The summed E-state index contributed by atoms with van der Waals surface area (Å²) in [6, 6.07) is 11.3. The predicted octanol–water partition coefficient (Wildman–Crippen LogP) is 5.34. The highest BCUT2D eigenvalue weighted by atomic mass is 35.5. The molecule has 0 atom stereocenters. The minimum atomic E-state index is -0.175. The van der Waals surface area contributed by atoms with Crippen molar-refractivity contribution in [2.75, 3.05) is 13.2 Å². The summed E-state index contributed by atoms with van der Waals surface area (Å²) in [5.74, 6) is 0.799. The zero-order valence-corrected chi connectivity index (χ0v) is 19.7. The second-order valence-electron chi connectivity index (χ2n) is 7.69. The standard InChI is InChI=1S/C24H29Cl2N3O3/c1-2-31-22-13-18(14-28-29-23(30)15-27-20-6-4-3-5-7-20)12-21(26)24(22)32-16-17-8-10-19(25)11-9-17/h8-14,20,27H,2-7,15-16H2,1H3,(H,29,30)/b28-14-. The lowest BCUT2D eigenvalue weighted by atomic mass is 9.95. The van der Waals surface area contributed by atoms with Crippen molar-refractivity contribution < 1.29 is 14.3 Å². The Morgan fingerprint density at radius 1 is 1.12 bits per heavy atom. The minimum Gasteiger partial charge on any atom is -0.490 e. The molecule has 2 N–H and O–H groups in total. The van der Waals surface area contributed by atoms with E-state index in [1.165, 1.54) is 25.5 Å². The van der Waals surface area contributed by atoms with Gasteiger partial charge in [0.25, 0.3) is 5.91 Å². The fourth-order valence-corrected chi connectivity index (χ4v) is 3.96. The number of benzene rings is 2. The zero-order chi connectivity index (χ0) is 22.8. The number of nitrogens with zero attached hydrogens (tertiary/aromatic N) is 1. The Labute approximate surface area is 199 Å². The van der Waals surface area contributed by atoms with E-state index >= 15 is 0 Å². The van der Waals surface area contributed by atoms with Crippen molar-refractivity contribution in [3.8, 4) is 11.5 Å². The quantitative estimate of drug-likeness (QED) is 0.357. The molecule has 0 spiro atoms. The summed E-state index contributed by atoms with van der Waals surface area (Å²) in [5, 5.41) is 8.41. The van der Waals surface area contributed by atoms with E-state index in [1.807, 2.05) is 31.2 Å². The molecule has 172 valence electrons. The van der Waals surface area contributed by atoms with Gasteiger partial charge in [-0.1, -0.05) is 54.6 Å². The Morgan fingerprint density at radius 3 is 2.59 bits per heavy atom. The predicted molar refractivity (Wildman–Crippen MR) is 129 cm³/mol. The molecule has 1 aliphatic carbocycles. The van der Waals surface area contributed by atoms with Crippen molar-refractivity contribution in [2.45, 2.75) is 51.7 Å². The third-order valence-corrected chi connectivity index (χ3v) is 5.72. The van der Waals surface area contributed by atoms with Gasteiger partial charge in [0.15, 0.2) is 11.5 Å². The number of ether oxygens (including phenoxy) is 2. The first-order chi connectivity index (χ1) is 15.5. The number of carbonyl (C=O) groups excluding carboxylic acids is 1. The molecule has 2 aromatic rings. The first-order valence-electron chi connectivity index (χ1n) is 10.9. The van der Waals surface area contributed by atoms with Gasteiger partial charge in [-0.15, -0.1) is 0 Å². The minimum absolute atomic E-state index is 0.175. The Kier molecular flexibility index (Phi) is 9.65.